The molecule has 0 atom stereocenters. The minimum atomic E-state index is -0.252. The first-order valence-corrected chi connectivity index (χ1v) is 10.7. The summed E-state index contributed by atoms with van der Waals surface area (Å²) in [6.45, 7) is 1.72. The average molecular weight is 429 g/mol. The van der Waals surface area contributed by atoms with Crippen molar-refractivity contribution in [3.05, 3.63) is 89.7 Å². The number of ether oxygens (including phenoxy) is 1. The molecule has 3 aromatic rings. The molecule has 4 rings (SSSR count). The summed E-state index contributed by atoms with van der Waals surface area (Å²) in [4.78, 5) is 14.3. The van der Waals surface area contributed by atoms with Gasteiger partial charge in [0, 0.05) is 32.5 Å². The molecule has 1 aliphatic heterocycles. The molecule has 0 radical (unpaired) electrons. The molecule has 0 aromatic heterocycles. The van der Waals surface area contributed by atoms with Crippen LogP contribution in [0.4, 0.5) is 9.18 Å². The number of benzene rings is 3. The summed E-state index contributed by atoms with van der Waals surface area (Å²) in [5, 5.41) is 11.8. The molecule has 1 aliphatic rings. The van der Waals surface area contributed by atoms with Gasteiger partial charge in [-0.3, -0.25) is 0 Å². The minimum Gasteiger partial charge on any atom is -0.490 e. The summed E-state index contributed by atoms with van der Waals surface area (Å²) in [5.41, 5.74) is 3.56. The van der Waals surface area contributed by atoms with Gasteiger partial charge in [0.1, 0.15) is 17.7 Å². The molecular weight excluding hydrogens is 405 g/mol. The van der Waals surface area contributed by atoms with Crippen LogP contribution >= 0.6 is 0 Å². The first-order chi connectivity index (χ1) is 15.6. The molecule has 5 nitrogen and oxygen atoms in total. The third kappa shape index (κ3) is 5.44. The van der Waals surface area contributed by atoms with Gasteiger partial charge in [0.15, 0.2) is 0 Å². The van der Waals surface area contributed by atoms with E-state index in [1.165, 1.54) is 12.1 Å². The maximum Gasteiger partial charge on any atom is 0.317 e. The second kappa shape index (κ2) is 9.97. The zero-order chi connectivity index (χ0) is 22.3. The molecule has 0 aliphatic carbocycles. The SMILES string of the molecule is N#Cc1ccc(OC2CCN(C(=O)NCc3ccc(-c4ccc(F)cc4)cc3)CC2)cc1. The fourth-order valence-corrected chi connectivity index (χ4v) is 3.72. The number of hydrogen-bond donors (Lipinski definition) is 1. The fourth-order valence-electron chi connectivity index (χ4n) is 3.72. The van der Waals surface area contributed by atoms with E-state index < -0.39 is 0 Å². The minimum absolute atomic E-state index is 0.0611. The van der Waals surface area contributed by atoms with Crippen molar-refractivity contribution in [3.63, 3.8) is 0 Å². The maximum atomic E-state index is 13.1. The van der Waals surface area contributed by atoms with Crippen LogP contribution in [0.15, 0.2) is 72.8 Å². The highest BCUT2D eigenvalue weighted by Gasteiger charge is 2.23. The van der Waals surface area contributed by atoms with Crippen LogP contribution in [0.1, 0.15) is 24.0 Å². The Labute approximate surface area is 187 Å². The Morgan fingerprint density at radius 3 is 2.16 bits per heavy atom. The van der Waals surface area contributed by atoms with Crippen LogP contribution in [0.25, 0.3) is 11.1 Å². The monoisotopic (exact) mass is 429 g/mol. The molecule has 1 N–H and O–H groups in total. The number of nitrogens with zero attached hydrogens (tertiary/aromatic N) is 2. The summed E-state index contributed by atoms with van der Waals surface area (Å²) < 4.78 is 19.1. The lowest BCUT2D eigenvalue weighted by atomic mass is 10.0. The Bertz CT molecular complexity index is 1080. The predicted molar refractivity (Wildman–Crippen MR) is 120 cm³/mol. The summed E-state index contributed by atoms with van der Waals surface area (Å²) in [6, 6.07) is 23.4. The van der Waals surface area contributed by atoms with Crippen LogP contribution in [0.3, 0.4) is 0 Å². The van der Waals surface area contributed by atoms with E-state index in [0.29, 0.717) is 25.2 Å². The Morgan fingerprint density at radius 2 is 1.56 bits per heavy atom. The van der Waals surface area contributed by atoms with Crippen LogP contribution < -0.4 is 10.1 Å². The number of halogens is 1. The largest absolute Gasteiger partial charge is 0.490 e. The van der Waals surface area contributed by atoms with Gasteiger partial charge in [0.25, 0.3) is 0 Å². The molecule has 2 amide bonds. The van der Waals surface area contributed by atoms with Crippen LogP contribution in [-0.2, 0) is 6.54 Å². The Morgan fingerprint density at radius 1 is 0.969 bits per heavy atom. The number of nitrogens with one attached hydrogen (secondary N) is 1. The standard InChI is InChI=1S/C26H24FN3O2/c27-23-9-7-22(8-10-23)21-5-1-20(2-6-21)18-29-26(31)30-15-13-25(14-16-30)32-24-11-3-19(17-28)4-12-24/h1-12,25H,13-16,18H2,(H,29,31). The van der Waals surface area contributed by atoms with Crippen molar-refractivity contribution in [2.24, 2.45) is 0 Å². The number of carbonyl (C=O) groups is 1. The Hall–Kier alpha value is -3.85. The summed E-state index contributed by atoms with van der Waals surface area (Å²) >= 11 is 0. The van der Waals surface area contributed by atoms with Crippen LogP contribution in [0.2, 0.25) is 0 Å². The number of piperidine rings is 1. The molecule has 1 heterocycles. The smallest absolute Gasteiger partial charge is 0.317 e. The molecule has 162 valence electrons. The average Bonchev–Trinajstić information content (AvgIpc) is 2.84. The van der Waals surface area contributed by atoms with Crippen molar-refractivity contribution in [2.75, 3.05) is 13.1 Å². The first kappa shape index (κ1) is 21.4. The number of nitriles is 1. The zero-order valence-electron chi connectivity index (χ0n) is 17.6. The van der Waals surface area contributed by atoms with E-state index in [1.54, 1.807) is 36.4 Å². The number of likely N-dealkylation sites (tertiary alicyclic amines) is 1. The van der Waals surface area contributed by atoms with Gasteiger partial charge in [-0.25, -0.2) is 9.18 Å². The summed E-state index contributed by atoms with van der Waals surface area (Å²) in [6.07, 6.45) is 1.59. The quantitative estimate of drug-likeness (QED) is 0.612. The second-order valence-electron chi connectivity index (χ2n) is 7.80. The van der Waals surface area contributed by atoms with Crippen molar-refractivity contribution in [2.45, 2.75) is 25.5 Å². The lowest BCUT2D eigenvalue weighted by Crippen LogP contribution is -2.46. The highest BCUT2D eigenvalue weighted by Crippen LogP contribution is 2.21. The van der Waals surface area contributed by atoms with Gasteiger partial charge in [-0.05, 0) is 53.1 Å². The Kier molecular flexibility index (Phi) is 6.66. The Balaban J connectivity index is 1.22. The van der Waals surface area contributed by atoms with E-state index in [2.05, 4.69) is 11.4 Å². The highest BCUT2D eigenvalue weighted by molar-refractivity contribution is 5.74. The highest BCUT2D eigenvalue weighted by atomic mass is 19.1. The van der Waals surface area contributed by atoms with E-state index in [0.717, 1.165) is 35.3 Å². The number of amides is 2. The van der Waals surface area contributed by atoms with Gasteiger partial charge in [-0.1, -0.05) is 36.4 Å². The molecule has 0 spiro atoms. The van der Waals surface area contributed by atoms with Gasteiger partial charge in [-0.15, -0.1) is 0 Å². The van der Waals surface area contributed by atoms with Crippen molar-refractivity contribution in [1.29, 1.82) is 5.26 Å². The lowest BCUT2D eigenvalue weighted by Gasteiger charge is -2.32. The van der Waals surface area contributed by atoms with Gasteiger partial charge in [0.05, 0.1) is 11.6 Å². The fraction of sp³-hybridized carbons (Fsp3) is 0.231. The number of rotatable bonds is 5. The predicted octanol–water partition coefficient (Wildman–Crippen LogP) is 5.12. The van der Waals surface area contributed by atoms with Crippen LogP contribution in [0.5, 0.6) is 5.75 Å². The van der Waals surface area contributed by atoms with E-state index in [1.807, 2.05) is 29.2 Å². The topological polar surface area (TPSA) is 65.4 Å². The van der Waals surface area contributed by atoms with Gasteiger partial charge in [-0.2, -0.15) is 5.26 Å². The molecule has 1 saturated heterocycles. The normalized spacial score (nSPS) is 13.9. The maximum absolute atomic E-state index is 13.1. The van der Waals surface area contributed by atoms with Crippen molar-refractivity contribution in [3.8, 4) is 22.9 Å². The molecule has 6 heteroatoms. The molecular formula is C26H24FN3O2. The van der Waals surface area contributed by atoms with E-state index in [9.17, 15) is 9.18 Å². The van der Waals surface area contributed by atoms with Crippen molar-refractivity contribution >= 4 is 6.03 Å². The number of hydrogen-bond acceptors (Lipinski definition) is 3. The second-order valence-corrected chi connectivity index (χ2v) is 7.80. The zero-order valence-corrected chi connectivity index (χ0v) is 17.6. The lowest BCUT2D eigenvalue weighted by molar-refractivity contribution is 0.111. The third-order valence-corrected chi connectivity index (χ3v) is 5.59. The van der Waals surface area contributed by atoms with Crippen molar-refractivity contribution < 1.29 is 13.9 Å². The van der Waals surface area contributed by atoms with Gasteiger partial charge in [0.2, 0.25) is 0 Å². The van der Waals surface area contributed by atoms with E-state index >= 15 is 0 Å². The van der Waals surface area contributed by atoms with Gasteiger partial charge >= 0.3 is 6.03 Å². The van der Waals surface area contributed by atoms with Gasteiger partial charge < -0.3 is 15.0 Å². The van der Waals surface area contributed by atoms with Crippen molar-refractivity contribution in [1.82, 2.24) is 10.2 Å². The van der Waals surface area contributed by atoms with E-state index in [4.69, 9.17) is 10.00 Å². The third-order valence-electron chi connectivity index (χ3n) is 5.59. The molecule has 0 unspecified atom stereocenters. The summed E-state index contributed by atoms with van der Waals surface area (Å²) in [5.74, 6) is 0.494. The molecule has 0 bridgehead atoms. The molecule has 32 heavy (non-hydrogen) atoms. The van der Waals surface area contributed by atoms with Crippen LogP contribution in [-0.4, -0.2) is 30.1 Å². The summed E-state index contributed by atoms with van der Waals surface area (Å²) in [7, 11) is 0. The molecule has 1 fully saturated rings. The first-order valence-electron chi connectivity index (χ1n) is 10.7. The number of urea groups is 1. The number of carbonyl (C=O) groups excluding carboxylic acids is 1. The van der Waals surface area contributed by atoms with Crippen LogP contribution in [0, 0.1) is 17.1 Å². The molecule has 3 aromatic carbocycles. The molecule has 0 saturated carbocycles. The van der Waals surface area contributed by atoms with E-state index in [-0.39, 0.29) is 18.0 Å².